The third-order valence-corrected chi connectivity index (χ3v) is 7.11. The van der Waals surface area contributed by atoms with Crippen molar-refractivity contribution >= 4 is 41.9 Å². The molecule has 1 amide bonds. The molecule has 11 heteroatoms. The Morgan fingerprint density at radius 3 is 2.59 bits per heavy atom. The lowest BCUT2D eigenvalue weighted by Gasteiger charge is -2.46. The molecule has 3 heterocycles. The Morgan fingerprint density at radius 2 is 2.03 bits per heavy atom. The molecule has 0 aromatic rings. The van der Waals surface area contributed by atoms with Crippen molar-refractivity contribution in [3.8, 4) is 0 Å². The summed E-state index contributed by atoms with van der Waals surface area (Å²) in [7, 11) is 0. The first-order valence-electron chi connectivity index (χ1n) is 9.57. The van der Waals surface area contributed by atoms with Gasteiger partial charge in [-0.15, -0.1) is 24.2 Å². The van der Waals surface area contributed by atoms with Gasteiger partial charge in [-0.1, -0.05) is 6.92 Å². The monoisotopic (exact) mass is 448 g/mol. The second kappa shape index (κ2) is 9.65. The fourth-order valence-electron chi connectivity index (χ4n) is 4.16. The van der Waals surface area contributed by atoms with Crippen LogP contribution in [0.2, 0.25) is 0 Å². The van der Waals surface area contributed by atoms with E-state index >= 15 is 0 Å². The number of nitrogens with one attached hydrogen (secondary N) is 2. The average Bonchev–Trinajstić information content (AvgIpc) is 2.83. The Hall–Kier alpha value is -1.33. The quantitative estimate of drug-likeness (QED) is 0.143. The van der Waals surface area contributed by atoms with Gasteiger partial charge in [-0.25, -0.2) is 4.79 Å². The predicted octanol–water partition coefficient (Wildman–Crippen LogP) is -0.0714. The number of carbonyl (C=O) groups is 2. The molecule has 0 radical (unpaired) electrons. The van der Waals surface area contributed by atoms with Gasteiger partial charge in [-0.2, -0.15) is 0 Å². The van der Waals surface area contributed by atoms with E-state index in [0.29, 0.717) is 43.3 Å². The third-order valence-electron chi connectivity index (χ3n) is 5.66. The maximum Gasteiger partial charge on any atom is 0.353 e. The lowest BCUT2D eigenvalue weighted by atomic mass is 9.79. The normalized spacial score (nSPS) is 27.2. The van der Waals surface area contributed by atoms with Crippen LogP contribution in [-0.2, 0) is 9.59 Å². The number of carboxylic acids is 1. The lowest BCUT2D eigenvalue weighted by molar-refractivity contribution is -0.163. The molecule has 2 fully saturated rings. The largest absolute Gasteiger partial charge is 0.477 e. The second-order valence-corrected chi connectivity index (χ2v) is 8.93. The number of carboxylic acid groups (broad SMARTS) is 1. The molecule has 2 saturated heterocycles. The van der Waals surface area contributed by atoms with E-state index in [1.807, 2.05) is 11.8 Å². The molecule has 0 spiro atoms. The van der Waals surface area contributed by atoms with Gasteiger partial charge in [0, 0.05) is 48.7 Å². The zero-order chi connectivity index (χ0) is 20.6. The van der Waals surface area contributed by atoms with Crippen molar-refractivity contribution in [1.82, 2.24) is 15.1 Å². The van der Waals surface area contributed by atoms with Gasteiger partial charge in [0.05, 0.1) is 30.5 Å². The Kier molecular flexibility index (Phi) is 7.97. The summed E-state index contributed by atoms with van der Waals surface area (Å²) in [6.07, 6.45) is -0.216. The van der Waals surface area contributed by atoms with Gasteiger partial charge in [0.1, 0.15) is 5.70 Å². The standard InChI is InChI=1S/C18H28N4O5S.ClH/c1-9-14-13(10(2)24)17(25)22(14)15(18(26)27)16(9)28-11-7-21(8-11)12(19)3-4-20-5-6-23;/h9-11,13-14,19-20,23-24H,3-8H2,1-2H3,(H,26,27);1H/t9-,10-,13-,14-;/m1./s1. The number of aliphatic hydroxyl groups excluding tert-OH is 2. The summed E-state index contributed by atoms with van der Waals surface area (Å²) in [6.45, 7) is 6.06. The van der Waals surface area contributed by atoms with E-state index in [-0.39, 0.29) is 47.8 Å². The number of fused-ring (bicyclic) bond motifs is 1. The summed E-state index contributed by atoms with van der Waals surface area (Å²) < 4.78 is 0. The highest BCUT2D eigenvalue weighted by molar-refractivity contribution is 8.03. The minimum absolute atomic E-state index is 0. The minimum Gasteiger partial charge on any atom is -0.477 e. The average molecular weight is 449 g/mol. The molecule has 0 saturated carbocycles. The molecular weight excluding hydrogens is 420 g/mol. The van der Waals surface area contributed by atoms with E-state index in [1.165, 1.54) is 16.7 Å². The van der Waals surface area contributed by atoms with Crippen molar-refractivity contribution in [2.45, 2.75) is 37.7 Å². The first-order valence-corrected chi connectivity index (χ1v) is 10.4. The van der Waals surface area contributed by atoms with E-state index < -0.39 is 18.0 Å². The van der Waals surface area contributed by atoms with E-state index in [4.69, 9.17) is 10.5 Å². The van der Waals surface area contributed by atoms with Crippen LogP contribution in [-0.4, -0.2) is 93.0 Å². The number of nitrogens with zero attached hydrogens (tertiary/aromatic N) is 2. The minimum atomic E-state index is -1.10. The summed E-state index contributed by atoms with van der Waals surface area (Å²) in [4.78, 5) is 28.2. The molecule has 3 aliphatic rings. The van der Waals surface area contributed by atoms with Crippen molar-refractivity contribution < 1.29 is 24.9 Å². The first-order chi connectivity index (χ1) is 13.3. The molecule has 164 valence electrons. The van der Waals surface area contributed by atoms with Crippen molar-refractivity contribution in [2.24, 2.45) is 11.8 Å². The predicted molar refractivity (Wildman–Crippen MR) is 112 cm³/mol. The van der Waals surface area contributed by atoms with Crippen LogP contribution in [0.25, 0.3) is 0 Å². The maximum absolute atomic E-state index is 12.3. The van der Waals surface area contributed by atoms with Crippen molar-refractivity contribution in [2.75, 3.05) is 32.8 Å². The van der Waals surface area contributed by atoms with Crippen molar-refractivity contribution in [1.29, 1.82) is 5.41 Å². The molecule has 0 unspecified atom stereocenters. The highest BCUT2D eigenvalue weighted by atomic mass is 35.5. The molecule has 3 aliphatic heterocycles. The molecule has 0 aliphatic carbocycles. The van der Waals surface area contributed by atoms with Crippen LogP contribution in [0.15, 0.2) is 10.6 Å². The zero-order valence-corrected chi connectivity index (χ0v) is 18.1. The molecule has 29 heavy (non-hydrogen) atoms. The number of thioether (sulfide) groups is 1. The molecule has 4 atom stereocenters. The van der Waals surface area contributed by atoms with Gasteiger partial charge in [-0.3, -0.25) is 10.2 Å². The molecule has 0 bridgehead atoms. The lowest BCUT2D eigenvalue weighted by Crippen LogP contribution is -2.63. The number of hydrogen-bond donors (Lipinski definition) is 5. The van der Waals surface area contributed by atoms with Crippen LogP contribution in [0.4, 0.5) is 0 Å². The van der Waals surface area contributed by atoms with Crippen LogP contribution < -0.4 is 5.32 Å². The Labute approximate surface area is 180 Å². The van der Waals surface area contributed by atoms with Crippen LogP contribution in [0.1, 0.15) is 20.3 Å². The number of aliphatic hydroxyl groups is 2. The van der Waals surface area contributed by atoms with Gasteiger partial charge >= 0.3 is 5.97 Å². The molecule has 0 aromatic carbocycles. The third kappa shape index (κ3) is 4.41. The van der Waals surface area contributed by atoms with Gasteiger partial charge in [-0.05, 0) is 6.92 Å². The molecule has 9 nitrogen and oxygen atoms in total. The van der Waals surface area contributed by atoms with E-state index in [9.17, 15) is 19.8 Å². The smallest absolute Gasteiger partial charge is 0.353 e. The number of carbonyl (C=O) groups excluding carboxylic acids is 1. The number of β-lactam (4-membered cyclic amide) rings is 1. The number of rotatable bonds is 9. The maximum atomic E-state index is 12.3. The SMILES string of the molecule is C[C@@H](O)[C@H]1C(=O)N2C(C(=O)O)=C(SC3CN(C(=N)CCNCCO)C3)[C@H](C)[C@H]12.Cl. The number of halogens is 1. The van der Waals surface area contributed by atoms with Gasteiger partial charge < -0.3 is 30.4 Å². The van der Waals surface area contributed by atoms with Gasteiger partial charge in [0.25, 0.3) is 0 Å². The van der Waals surface area contributed by atoms with Crippen LogP contribution in [0.3, 0.4) is 0 Å². The second-order valence-electron chi connectivity index (χ2n) is 7.59. The summed E-state index contributed by atoms with van der Waals surface area (Å²) in [5.41, 5.74) is 0.0612. The zero-order valence-electron chi connectivity index (χ0n) is 16.5. The number of amides is 1. The molecule has 0 aromatic heterocycles. The van der Waals surface area contributed by atoms with Crippen molar-refractivity contribution in [3.63, 3.8) is 0 Å². The van der Waals surface area contributed by atoms with Crippen LogP contribution >= 0.6 is 24.2 Å². The Morgan fingerprint density at radius 1 is 1.38 bits per heavy atom. The fourth-order valence-corrected chi connectivity index (χ4v) is 5.68. The number of likely N-dealkylation sites (tertiary alicyclic amines) is 1. The van der Waals surface area contributed by atoms with E-state index in [2.05, 4.69) is 5.32 Å². The van der Waals surface area contributed by atoms with Gasteiger partial charge in [0.15, 0.2) is 0 Å². The first kappa shape index (κ1) is 23.9. The highest BCUT2D eigenvalue weighted by Crippen LogP contribution is 2.51. The molecule has 5 N–H and O–H groups in total. The van der Waals surface area contributed by atoms with Gasteiger partial charge in [0.2, 0.25) is 5.91 Å². The topological polar surface area (TPSA) is 137 Å². The fraction of sp³-hybridized carbons (Fsp3) is 0.722. The highest BCUT2D eigenvalue weighted by Gasteiger charge is 2.60. The summed E-state index contributed by atoms with van der Waals surface area (Å²) in [6, 6.07) is -0.284. The summed E-state index contributed by atoms with van der Waals surface area (Å²) in [5, 5.41) is 39.6. The number of aliphatic carboxylic acids is 1. The van der Waals surface area contributed by atoms with E-state index in [0.717, 1.165) is 0 Å². The van der Waals surface area contributed by atoms with Crippen LogP contribution in [0.5, 0.6) is 0 Å². The summed E-state index contributed by atoms with van der Waals surface area (Å²) >= 11 is 1.49. The molecule has 3 rings (SSSR count). The summed E-state index contributed by atoms with van der Waals surface area (Å²) in [5.74, 6) is -1.55. The number of hydrogen-bond acceptors (Lipinski definition) is 7. The van der Waals surface area contributed by atoms with Crippen molar-refractivity contribution in [3.05, 3.63) is 10.6 Å². The Bertz CT molecular complexity index is 698. The van der Waals surface area contributed by atoms with E-state index in [1.54, 1.807) is 6.92 Å². The number of amidine groups is 1. The molecular formula is C18H29ClN4O5S. The van der Waals surface area contributed by atoms with Crippen LogP contribution in [0, 0.1) is 17.2 Å². The Balaban J connectivity index is 0.00000300.